The quantitative estimate of drug-likeness (QED) is 0.409. The first kappa shape index (κ1) is 22.6. The van der Waals surface area contributed by atoms with E-state index < -0.39 is 19.7 Å². The summed E-state index contributed by atoms with van der Waals surface area (Å²) in [5.41, 5.74) is 0.940. The van der Waals surface area contributed by atoms with E-state index in [9.17, 15) is 21.9 Å². The monoisotopic (exact) mass is 480 g/mol. The zero-order chi connectivity index (χ0) is 23.6. The number of benzene rings is 4. The van der Waals surface area contributed by atoms with Gasteiger partial charge in [-0.3, -0.25) is 0 Å². The van der Waals surface area contributed by atoms with Crippen molar-refractivity contribution in [3.63, 3.8) is 0 Å². The summed E-state index contributed by atoms with van der Waals surface area (Å²) in [4.78, 5) is 0.197. The third kappa shape index (κ3) is 4.76. The Morgan fingerprint density at radius 2 is 0.818 bits per heavy atom. The molecule has 4 aromatic rings. The minimum atomic E-state index is -3.85. The predicted octanol–water partition coefficient (Wildman–Crippen LogP) is 5.16. The zero-order valence-electron chi connectivity index (χ0n) is 17.5. The van der Waals surface area contributed by atoms with Crippen LogP contribution in [0.4, 0.5) is 0 Å². The van der Waals surface area contributed by atoms with Crippen LogP contribution in [0.3, 0.4) is 0 Å². The molecule has 0 saturated carbocycles. The Hall–Kier alpha value is -3.62. The molecule has 0 radical (unpaired) electrons. The third-order valence-corrected chi connectivity index (χ3v) is 8.55. The fourth-order valence-corrected chi connectivity index (χ4v) is 5.65. The van der Waals surface area contributed by atoms with Crippen LogP contribution in [0, 0.1) is 6.92 Å². The van der Waals surface area contributed by atoms with E-state index >= 15 is 0 Å². The highest BCUT2D eigenvalue weighted by atomic mass is 32.2. The first-order chi connectivity index (χ1) is 15.7. The lowest BCUT2D eigenvalue weighted by molar-refractivity contribution is 0.464. The number of ether oxygens (including phenoxy) is 1. The van der Waals surface area contributed by atoms with Crippen molar-refractivity contribution >= 4 is 19.7 Å². The van der Waals surface area contributed by atoms with Gasteiger partial charge in [0.2, 0.25) is 19.7 Å². The van der Waals surface area contributed by atoms with E-state index in [1.807, 2.05) is 6.92 Å². The minimum Gasteiger partial charge on any atom is -0.508 e. The largest absolute Gasteiger partial charge is 0.508 e. The number of hydrogen-bond donors (Lipinski definition) is 1. The summed E-state index contributed by atoms with van der Waals surface area (Å²) < 4.78 is 57.2. The van der Waals surface area contributed by atoms with Gasteiger partial charge in [-0.25, -0.2) is 16.8 Å². The molecule has 0 aliphatic heterocycles. The zero-order valence-corrected chi connectivity index (χ0v) is 19.2. The van der Waals surface area contributed by atoms with E-state index in [-0.39, 0.29) is 25.3 Å². The summed E-state index contributed by atoms with van der Waals surface area (Å²) in [6.07, 6.45) is 0. The topological polar surface area (TPSA) is 97.7 Å². The highest BCUT2D eigenvalue weighted by molar-refractivity contribution is 7.92. The van der Waals surface area contributed by atoms with Crippen LogP contribution in [0.25, 0.3) is 0 Å². The van der Waals surface area contributed by atoms with Crippen LogP contribution in [0.15, 0.2) is 117 Å². The van der Waals surface area contributed by atoms with Crippen molar-refractivity contribution < 1.29 is 26.7 Å². The smallest absolute Gasteiger partial charge is 0.206 e. The first-order valence-electron chi connectivity index (χ1n) is 9.90. The van der Waals surface area contributed by atoms with Crippen molar-refractivity contribution in [2.24, 2.45) is 0 Å². The molecule has 4 aromatic carbocycles. The molecule has 4 rings (SSSR count). The van der Waals surface area contributed by atoms with Crippen molar-refractivity contribution in [2.75, 3.05) is 0 Å². The lowest BCUT2D eigenvalue weighted by Crippen LogP contribution is -2.05. The maximum absolute atomic E-state index is 13.0. The van der Waals surface area contributed by atoms with Gasteiger partial charge in [0.25, 0.3) is 0 Å². The van der Waals surface area contributed by atoms with Gasteiger partial charge >= 0.3 is 0 Å². The molecule has 0 aliphatic rings. The second-order valence-corrected chi connectivity index (χ2v) is 11.3. The van der Waals surface area contributed by atoms with Gasteiger partial charge in [-0.15, -0.1) is 0 Å². The molecule has 0 heterocycles. The molecule has 33 heavy (non-hydrogen) atoms. The highest BCUT2D eigenvalue weighted by Crippen LogP contribution is 2.28. The van der Waals surface area contributed by atoms with E-state index in [1.165, 1.54) is 72.8 Å². The Balaban J connectivity index is 1.56. The van der Waals surface area contributed by atoms with Gasteiger partial charge in [0.05, 0.1) is 19.6 Å². The van der Waals surface area contributed by atoms with Crippen LogP contribution in [-0.4, -0.2) is 21.9 Å². The number of phenolic OH excluding ortho intramolecular Hbond substituents is 1. The van der Waals surface area contributed by atoms with Crippen LogP contribution in [0.5, 0.6) is 17.2 Å². The lowest BCUT2D eigenvalue weighted by atomic mass is 10.2. The van der Waals surface area contributed by atoms with Crippen molar-refractivity contribution in [3.8, 4) is 17.2 Å². The van der Waals surface area contributed by atoms with E-state index in [0.29, 0.717) is 11.5 Å². The number of phenols is 1. The summed E-state index contributed by atoms with van der Waals surface area (Å²) in [5, 5.41) is 9.33. The highest BCUT2D eigenvalue weighted by Gasteiger charge is 2.21. The Bertz CT molecular complexity index is 1470. The molecule has 0 spiro atoms. The second kappa shape index (κ2) is 8.73. The maximum atomic E-state index is 13.0. The molecule has 1 N–H and O–H groups in total. The molecule has 0 amide bonds. The summed E-state index contributed by atoms with van der Waals surface area (Å²) >= 11 is 0. The van der Waals surface area contributed by atoms with E-state index in [2.05, 4.69) is 0 Å². The number of aryl methyl sites for hydroxylation is 1. The maximum Gasteiger partial charge on any atom is 0.206 e. The van der Waals surface area contributed by atoms with Gasteiger partial charge in [0.1, 0.15) is 17.2 Å². The average Bonchev–Trinajstić information content (AvgIpc) is 2.81. The molecule has 0 fully saturated rings. The van der Waals surface area contributed by atoms with E-state index in [4.69, 9.17) is 4.74 Å². The van der Waals surface area contributed by atoms with Gasteiger partial charge in [0, 0.05) is 0 Å². The predicted molar refractivity (Wildman–Crippen MR) is 123 cm³/mol. The summed E-state index contributed by atoms with van der Waals surface area (Å²) in [6.45, 7) is 1.86. The van der Waals surface area contributed by atoms with Crippen LogP contribution in [0.1, 0.15) is 5.56 Å². The Labute approximate surface area is 192 Å². The second-order valence-electron chi connectivity index (χ2n) is 7.36. The molecular weight excluding hydrogens is 460 g/mol. The Kier molecular flexibility index (Phi) is 5.97. The van der Waals surface area contributed by atoms with Crippen molar-refractivity contribution in [1.29, 1.82) is 0 Å². The standard InChI is InChI=1S/C25H20O6S2/c1-18-2-10-22(11-3-18)32(27,28)24-14-16-25(17-15-24)33(29,30)23-12-8-21(9-13-23)31-20-6-4-19(26)5-7-20/h2-17,26H,1H3. The van der Waals surface area contributed by atoms with Gasteiger partial charge in [0.15, 0.2) is 0 Å². The average molecular weight is 481 g/mol. The summed E-state index contributed by atoms with van der Waals surface area (Å²) in [5.74, 6) is 1.04. The lowest BCUT2D eigenvalue weighted by Gasteiger charge is -2.09. The number of sulfone groups is 2. The van der Waals surface area contributed by atoms with E-state index in [0.717, 1.165) is 5.56 Å². The normalized spacial score (nSPS) is 11.8. The SMILES string of the molecule is Cc1ccc(S(=O)(=O)c2ccc(S(=O)(=O)c3ccc(Oc4ccc(O)cc4)cc3)cc2)cc1. The fourth-order valence-electron chi connectivity index (χ4n) is 3.12. The van der Waals surface area contributed by atoms with E-state index in [1.54, 1.807) is 24.3 Å². The van der Waals surface area contributed by atoms with Gasteiger partial charge < -0.3 is 9.84 Å². The molecule has 0 aliphatic carbocycles. The molecule has 6 nitrogen and oxygen atoms in total. The van der Waals surface area contributed by atoms with Gasteiger partial charge in [-0.2, -0.15) is 0 Å². The molecule has 8 heteroatoms. The summed E-state index contributed by atoms with van der Waals surface area (Å²) in [6, 6.07) is 23.7. The van der Waals surface area contributed by atoms with Crippen molar-refractivity contribution in [3.05, 3.63) is 103 Å². The molecule has 0 unspecified atom stereocenters. The first-order valence-corrected chi connectivity index (χ1v) is 12.9. The molecule has 168 valence electrons. The number of hydrogen-bond acceptors (Lipinski definition) is 6. The van der Waals surface area contributed by atoms with Crippen molar-refractivity contribution in [2.45, 2.75) is 26.5 Å². The molecule has 0 atom stereocenters. The fraction of sp³-hybridized carbons (Fsp3) is 0.0400. The summed E-state index contributed by atoms with van der Waals surface area (Å²) in [7, 11) is -7.60. The third-order valence-electron chi connectivity index (χ3n) is 4.98. The minimum absolute atomic E-state index is 0.0161. The number of rotatable bonds is 6. The molecule has 0 aromatic heterocycles. The van der Waals surface area contributed by atoms with Crippen LogP contribution >= 0.6 is 0 Å². The van der Waals surface area contributed by atoms with Gasteiger partial charge in [-0.05, 0) is 91.9 Å². The molecule has 0 bridgehead atoms. The van der Waals surface area contributed by atoms with Crippen LogP contribution in [-0.2, 0) is 19.7 Å². The van der Waals surface area contributed by atoms with Crippen LogP contribution < -0.4 is 4.74 Å². The number of aromatic hydroxyl groups is 1. The van der Waals surface area contributed by atoms with Crippen molar-refractivity contribution in [1.82, 2.24) is 0 Å². The Morgan fingerprint density at radius 1 is 0.515 bits per heavy atom. The van der Waals surface area contributed by atoms with Gasteiger partial charge in [-0.1, -0.05) is 17.7 Å². The molecular formula is C25H20O6S2. The Morgan fingerprint density at radius 3 is 1.21 bits per heavy atom. The van der Waals surface area contributed by atoms with Crippen LogP contribution in [0.2, 0.25) is 0 Å². The molecule has 0 saturated heterocycles.